The van der Waals surface area contributed by atoms with Crippen molar-refractivity contribution in [1.29, 1.82) is 0 Å². The molecule has 0 saturated carbocycles. The minimum absolute atomic E-state index is 0.153. The zero-order valence-electron chi connectivity index (χ0n) is 12.6. The second-order valence-electron chi connectivity index (χ2n) is 5.62. The molecule has 0 spiro atoms. The standard InChI is InChI=1S/C13H24N6OS/c1-18(2)7-5-16-12(20)10-11(15)17-13(21-10)19-6-3-4-9(14)8-19/h9H,3-8,14-15H2,1-2H3,(H,16,20). The molecule has 1 aliphatic heterocycles. The fraction of sp³-hybridized carbons (Fsp3) is 0.692. The smallest absolute Gasteiger partial charge is 0.265 e. The van der Waals surface area contributed by atoms with Crippen LogP contribution in [0.5, 0.6) is 0 Å². The van der Waals surface area contributed by atoms with E-state index in [1.807, 2.05) is 19.0 Å². The van der Waals surface area contributed by atoms with E-state index in [4.69, 9.17) is 11.5 Å². The Morgan fingerprint density at radius 2 is 2.33 bits per heavy atom. The van der Waals surface area contributed by atoms with Crippen LogP contribution in [-0.2, 0) is 0 Å². The third kappa shape index (κ3) is 4.29. The molecule has 1 fully saturated rings. The molecule has 0 aliphatic carbocycles. The monoisotopic (exact) mass is 312 g/mol. The van der Waals surface area contributed by atoms with Crippen LogP contribution in [-0.4, -0.2) is 62.1 Å². The number of nitrogens with zero attached hydrogens (tertiary/aromatic N) is 3. The van der Waals surface area contributed by atoms with Gasteiger partial charge in [-0.2, -0.15) is 0 Å². The van der Waals surface area contributed by atoms with Gasteiger partial charge in [0.25, 0.3) is 5.91 Å². The zero-order chi connectivity index (χ0) is 15.4. The predicted octanol–water partition coefficient (Wildman–Crippen LogP) is -0.0558. The molecule has 1 aromatic rings. The van der Waals surface area contributed by atoms with Crippen molar-refractivity contribution < 1.29 is 4.79 Å². The van der Waals surface area contributed by atoms with Crippen LogP contribution in [0.15, 0.2) is 0 Å². The largest absolute Gasteiger partial charge is 0.382 e. The Hall–Kier alpha value is -1.38. The first-order valence-electron chi connectivity index (χ1n) is 7.17. The number of piperidine rings is 1. The van der Waals surface area contributed by atoms with Crippen molar-refractivity contribution in [2.45, 2.75) is 18.9 Å². The third-order valence-corrected chi connectivity index (χ3v) is 4.55. The normalized spacial score (nSPS) is 19.0. The number of hydrogen-bond acceptors (Lipinski definition) is 7. The fourth-order valence-corrected chi connectivity index (χ4v) is 3.21. The fourth-order valence-electron chi connectivity index (χ4n) is 2.28. The van der Waals surface area contributed by atoms with Gasteiger partial charge in [0.1, 0.15) is 10.7 Å². The number of aromatic nitrogens is 1. The lowest BCUT2D eigenvalue weighted by molar-refractivity contribution is 0.0956. The first-order chi connectivity index (χ1) is 9.97. The number of carbonyl (C=O) groups is 1. The van der Waals surface area contributed by atoms with Gasteiger partial charge in [-0.3, -0.25) is 4.79 Å². The van der Waals surface area contributed by atoms with Crippen molar-refractivity contribution in [3.8, 4) is 0 Å². The molecule has 21 heavy (non-hydrogen) atoms. The minimum Gasteiger partial charge on any atom is -0.382 e. The molecule has 2 heterocycles. The van der Waals surface area contributed by atoms with Crippen LogP contribution in [0.25, 0.3) is 0 Å². The third-order valence-electron chi connectivity index (χ3n) is 3.42. The summed E-state index contributed by atoms with van der Waals surface area (Å²) in [6, 6.07) is 0.168. The maximum absolute atomic E-state index is 12.1. The molecule has 1 amide bonds. The van der Waals surface area contributed by atoms with Gasteiger partial charge in [0.05, 0.1) is 0 Å². The summed E-state index contributed by atoms with van der Waals surface area (Å²) < 4.78 is 0. The van der Waals surface area contributed by atoms with Gasteiger partial charge in [0.15, 0.2) is 5.13 Å². The molecule has 1 aliphatic rings. The van der Waals surface area contributed by atoms with Crippen molar-refractivity contribution >= 4 is 28.2 Å². The van der Waals surface area contributed by atoms with Gasteiger partial charge in [0, 0.05) is 32.2 Å². The molecule has 8 heteroatoms. The van der Waals surface area contributed by atoms with Gasteiger partial charge in [-0.1, -0.05) is 11.3 Å². The van der Waals surface area contributed by atoms with Gasteiger partial charge in [-0.05, 0) is 26.9 Å². The van der Waals surface area contributed by atoms with E-state index in [-0.39, 0.29) is 11.9 Å². The zero-order valence-corrected chi connectivity index (χ0v) is 13.4. The van der Waals surface area contributed by atoms with Crippen molar-refractivity contribution in [3.05, 3.63) is 4.88 Å². The van der Waals surface area contributed by atoms with Crippen molar-refractivity contribution in [1.82, 2.24) is 15.2 Å². The highest BCUT2D eigenvalue weighted by Crippen LogP contribution is 2.29. The lowest BCUT2D eigenvalue weighted by atomic mass is 10.1. The molecule has 2 rings (SSSR count). The Balaban J connectivity index is 1.99. The molecule has 0 radical (unpaired) electrons. The molecule has 0 bridgehead atoms. The van der Waals surface area contributed by atoms with Crippen LogP contribution < -0.4 is 21.7 Å². The molecular formula is C13H24N6OS. The van der Waals surface area contributed by atoms with Gasteiger partial charge < -0.3 is 26.6 Å². The van der Waals surface area contributed by atoms with E-state index in [0.29, 0.717) is 17.2 Å². The molecular weight excluding hydrogens is 288 g/mol. The van der Waals surface area contributed by atoms with E-state index < -0.39 is 0 Å². The quantitative estimate of drug-likeness (QED) is 0.704. The molecule has 1 saturated heterocycles. The van der Waals surface area contributed by atoms with Gasteiger partial charge >= 0.3 is 0 Å². The highest BCUT2D eigenvalue weighted by molar-refractivity contribution is 7.18. The molecule has 0 aromatic carbocycles. The van der Waals surface area contributed by atoms with E-state index in [2.05, 4.69) is 15.2 Å². The molecule has 1 atom stereocenters. The Morgan fingerprint density at radius 1 is 1.57 bits per heavy atom. The summed E-state index contributed by atoms with van der Waals surface area (Å²) in [5.74, 6) is 0.149. The Morgan fingerprint density at radius 3 is 3.00 bits per heavy atom. The van der Waals surface area contributed by atoms with E-state index >= 15 is 0 Å². The van der Waals surface area contributed by atoms with Crippen molar-refractivity contribution in [2.24, 2.45) is 5.73 Å². The van der Waals surface area contributed by atoms with Crippen molar-refractivity contribution in [3.63, 3.8) is 0 Å². The lowest BCUT2D eigenvalue weighted by Crippen LogP contribution is -2.42. The average Bonchev–Trinajstić information content (AvgIpc) is 2.80. The number of likely N-dealkylation sites (N-methyl/N-ethyl adjacent to an activating group) is 1. The first-order valence-corrected chi connectivity index (χ1v) is 7.98. The number of nitrogens with one attached hydrogen (secondary N) is 1. The second kappa shape index (κ2) is 7.06. The van der Waals surface area contributed by atoms with E-state index in [1.54, 1.807) is 0 Å². The van der Waals surface area contributed by atoms with Crippen LogP contribution in [0.1, 0.15) is 22.5 Å². The lowest BCUT2D eigenvalue weighted by Gasteiger charge is -2.30. The van der Waals surface area contributed by atoms with Gasteiger partial charge in [-0.25, -0.2) is 4.98 Å². The predicted molar refractivity (Wildman–Crippen MR) is 86.8 cm³/mol. The maximum atomic E-state index is 12.1. The summed E-state index contributed by atoms with van der Waals surface area (Å²) in [7, 11) is 3.93. The summed E-state index contributed by atoms with van der Waals surface area (Å²) in [6.45, 7) is 3.07. The van der Waals surface area contributed by atoms with Crippen LogP contribution >= 0.6 is 11.3 Å². The summed E-state index contributed by atoms with van der Waals surface area (Å²) in [6.07, 6.45) is 2.08. The molecule has 1 unspecified atom stereocenters. The SMILES string of the molecule is CN(C)CCNC(=O)c1sc(N2CCCC(N)C2)nc1N. The summed E-state index contributed by atoms with van der Waals surface area (Å²) in [4.78, 5) is 21.1. The number of amides is 1. The number of nitrogens with two attached hydrogens (primary N) is 2. The number of nitrogen functional groups attached to an aromatic ring is 1. The maximum Gasteiger partial charge on any atom is 0.265 e. The number of thiazole rings is 1. The van der Waals surface area contributed by atoms with E-state index in [0.717, 1.165) is 37.6 Å². The number of hydrogen-bond donors (Lipinski definition) is 3. The summed E-state index contributed by atoms with van der Waals surface area (Å²) in [5.41, 5.74) is 11.9. The van der Waals surface area contributed by atoms with Crippen molar-refractivity contribution in [2.75, 3.05) is 50.9 Å². The molecule has 118 valence electrons. The number of carbonyl (C=O) groups excluding carboxylic acids is 1. The van der Waals surface area contributed by atoms with Crippen LogP contribution in [0.3, 0.4) is 0 Å². The Kier molecular flexibility index (Phi) is 5.38. The number of anilines is 2. The summed E-state index contributed by atoms with van der Waals surface area (Å²) >= 11 is 1.34. The average molecular weight is 312 g/mol. The molecule has 7 nitrogen and oxygen atoms in total. The van der Waals surface area contributed by atoms with Gasteiger partial charge in [0.2, 0.25) is 0 Å². The molecule has 1 aromatic heterocycles. The molecule has 5 N–H and O–H groups in total. The highest BCUT2D eigenvalue weighted by atomic mass is 32.1. The second-order valence-corrected chi connectivity index (χ2v) is 6.60. The van der Waals surface area contributed by atoms with Crippen LogP contribution in [0, 0.1) is 0 Å². The minimum atomic E-state index is -0.153. The van der Waals surface area contributed by atoms with Crippen LogP contribution in [0.4, 0.5) is 10.9 Å². The summed E-state index contributed by atoms with van der Waals surface area (Å²) in [5, 5.41) is 3.65. The Labute approximate surface area is 129 Å². The first kappa shape index (κ1) is 16.0. The van der Waals surface area contributed by atoms with Crippen LogP contribution in [0.2, 0.25) is 0 Å². The highest BCUT2D eigenvalue weighted by Gasteiger charge is 2.23. The number of rotatable bonds is 5. The Bertz CT molecular complexity index is 489. The van der Waals surface area contributed by atoms with Gasteiger partial charge in [-0.15, -0.1) is 0 Å². The topological polar surface area (TPSA) is 101 Å². The van der Waals surface area contributed by atoms with E-state index in [1.165, 1.54) is 11.3 Å². The van der Waals surface area contributed by atoms with E-state index in [9.17, 15) is 4.79 Å².